The van der Waals surface area contributed by atoms with E-state index in [1.165, 1.54) is 11.8 Å². The van der Waals surface area contributed by atoms with Crippen molar-refractivity contribution in [2.45, 2.75) is 37.8 Å². The smallest absolute Gasteiger partial charge is 0.478 e. The summed E-state index contributed by atoms with van der Waals surface area (Å²) in [6.07, 6.45) is 3.10. The van der Waals surface area contributed by atoms with Crippen molar-refractivity contribution in [1.82, 2.24) is 9.55 Å². The Kier molecular flexibility index (Phi) is 7.36. The molecule has 0 saturated heterocycles. The largest absolute Gasteiger partial charge is 0.512 e. The molecular formula is C23H24N2O5S. The summed E-state index contributed by atoms with van der Waals surface area (Å²) in [5, 5.41) is 19.1. The van der Waals surface area contributed by atoms with Crippen LogP contribution in [0.1, 0.15) is 41.5 Å². The second-order valence-corrected chi connectivity index (χ2v) is 7.74. The van der Waals surface area contributed by atoms with Crippen molar-refractivity contribution in [3.63, 3.8) is 0 Å². The van der Waals surface area contributed by atoms with E-state index in [1.807, 2.05) is 30.5 Å². The second-order valence-electron chi connectivity index (χ2n) is 6.95. The molecule has 0 unspecified atom stereocenters. The van der Waals surface area contributed by atoms with E-state index in [0.717, 1.165) is 36.2 Å². The van der Waals surface area contributed by atoms with Crippen LogP contribution in [0.15, 0.2) is 53.6 Å². The lowest BCUT2D eigenvalue weighted by Gasteiger charge is -2.12. The summed E-state index contributed by atoms with van der Waals surface area (Å²) in [6, 6.07) is 14.4. The third-order valence-electron chi connectivity index (χ3n) is 4.86. The summed E-state index contributed by atoms with van der Waals surface area (Å²) in [7, 11) is 0. The zero-order valence-electron chi connectivity index (χ0n) is 17.4. The number of imidazole rings is 1. The first-order valence-electron chi connectivity index (χ1n) is 9.90. The van der Waals surface area contributed by atoms with Gasteiger partial charge in [0.25, 0.3) is 0 Å². The minimum atomic E-state index is -1.38. The molecule has 3 rings (SSSR count). The molecule has 3 aromatic rings. The molecule has 0 fully saturated rings. The van der Waals surface area contributed by atoms with Crippen LogP contribution in [0.4, 0.5) is 4.79 Å². The fourth-order valence-corrected chi connectivity index (χ4v) is 3.88. The summed E-state index contributed by atoms with van der Waals surface area (Å²) in [6.45, 7) is 2.49. The van der Waals surface area contributed by atoms with Crippen LogP contribution in [0.5, 0.6) is 5.88 Å². The number of rotatable bonds is 9. The lowest BCUT2D eigenvalue weighted by Crippen LogP contribution is -2.12. The Bertz CT molecular complexity index is 1080. The Hall–Kier alpha value is -3.26. The van der Waals surface area contributed by atoms with Crippen molar-refractivity contribution in [1.29, 1.82) is 0 Å². The Balaban J connectivity index is 1.94. The van der Waals surface area contributed by atoms with Crippen molar-refractivity contribution in [3.05, 3.63) is 65.5 Å². The van der Waals surface area contributed by atoms with Crippen molar-refractivity contribution in [2.75, 3.05) is 6.26 Å². The zero-order valence-corrected chi connectivity index (χ0v) is 18.2. The molecular weight excluding hydrogens is 416 g/mol. The number of thioether (sulfide) groups is 1. The first kappa shape index (κ1) is 22.4. The Morgan fingerprint density at radius 1 is 1.10 bits per heavy atom. The maximum absolute atomic E-state index is 11.5. The van der Waals surface area contributed by atoms with E-state index in [1.54, 1.807) is 28.8 Å². The maximum Gasteiger partial charge on any atom is 0.512 e. The standard InChI is InChI=1S/C23H24N2O5S/c1-3-4-9-19-24-20(31-2)21(30-23(28)29)25(19)14-15-10-12-16(13-11-15)17-7-5-6-8-18(17)22(26)27/h5-8,10-13H,3-4,9,14H2,1-2H3,(H,26,27)(H,28,29). The molecule has 0 atom stereocenters. The molecule has 162 valence electrons. The highest BCUT2D eigenvalue weighted by atomic mass is 32.2. The van der Waals surface area contributed by atoms with Crippen LogP contribution in [0.2, 0.25) is 0 Å². The summed E-state index contributed by atoms with van der Waals surface area (Å²) < 4.78 is 6.87. The number of benzene rings is 2. The third kappa shape index (κ3) is 5.27. The first-order valence-corrected chi connectivity index (χ1v) is 11.1. The number of carboxylic acids is 1. The molecule has 2 N–H and O–H groups in total. The second kappa shape index (κ2) is 10.2. The number of carbonyl (C=O) groups is 2. The van der Waals surface area contributed by atoms with Crippen LogP contribution in [0.3, 0.4) is 0 Å². The Labute approximate surface area is 184 Å². The molecule has 0 bridgehead atoms. The number of carboxylic acid groups (broad SMARTS) is 2. The van der Waals surface area contributed by atoms with E-state index in [2.05, 4.69) is 11.9 Å². The molecule has 1 heterocycles. The van der Waals surface area contributed by atoms with Gasteiger partial charge in [0, 0.05) is 6.42 Å². The normalized spacial score (nSPS) is 10.8. The van der Waals surface area contributed by atoms with E-state index in [4.69, 9.17) is 4.74 Å². The minimum Gasteiger partial charge on any atom is -0.478 e. The molecule has 8 heteroatoms. The van der Waals surface area contributed by atoms with Crippen LogP contribution in [0.25, 0.3) is 11.1 Å². The highest BCUT2D eigenvalue weighted by molar-refractivity contribution is 7.98. The van der Waals surface area contributed by atoms with E-state index in [0.29, 0.717) is 17.1 Å². The Morgan fingerprint density at radius 3 is 2.42 bits per heavy atom. The van der Waals surface area contributed by atoms with Gasteiger partial charge in [-0.3, -0.25) is 4.57 Å². The molecule has 0 spiro atoms. The quantitative estimate of drug-likeness (QED) is 0.338. The van der Waals surface area contributed by atoms with Crippen LogP contribution >= 0.6 is 11.8 Å². The van der Waals surface area contributed by atoms with Gasteiger partial charge in [-0.2, -0.15) is 0 Å². The van der Waals surface area contributed by atoms with Crippen molar-refractivity contribution >= 4 is 23.9 Å². The monoisotopic (exact) mass is 440 g/mol. The van der Waals surface area contributed by atoms with Crippen molar-refractivity contribution in [3.8, 4) is 17.0 Å². The summed E-state index contributed by atoms with van der Waals surface area (Å²) in [5.74, 6) is 0.0351. The molecule has 2 aromatic carbocycles. The molecule has 1 aromatic heterocycles. The van der Waals surface area contributed by atoms with Crippen LogP contribution in [-0.2, 0) is 13.0 Å². The number of aryl methyl sites for hydroxylation is 1. The predicted octanol–water partition coefficient (Wildman–Crippen LogP) is 5.42. The van der Waals surface area contributed by atoms with E-state index in [-0.39, 0.29) is 11.4 Å². The fourth-order valence-electron chi connectivity index (χ4n) is 3.35. The lowest BCUT2D eigenvalue weighted by molar-refractivity contribution is 0.0697. The molecule has 0 saturated carbocycles. The molecule has 0 aliphatic rings. The van der Waals surface area contributed by atoms with Crippen LogP contribution in [0, 0.1) is 0 Å². The number of hydrogen-bond acceptors (Lipinski definition) is 5. The lowest BCUT2D eigenvalue weighted by atomic mass is 9.99. The number of aromatic nitrogens is 2. The third-order valence-corrected chi connectivity index (χ3v) is 5.52. The van der Waals surface area contributed by atoms with Crippen LogP contribution < -0.4 is 4.74 Å². The number of nitrogens with zero attached hydrogens (tertiary/aromatic N) is 2. The minimum absolute atomic E-state index is 0.228. The first-order chi connectivity index (χ1) is 14.9. The number of unbranched alkanes of at least 4 members (excludes halogenated alkanes) is 1. The van der Waals surface area contributed by atoms with Crippen molar-refractivity contribution < 1.29 is 24.5 Å². The molecule has 0 amide bonds. The molecule has 0 aliphatic heterocycles. The van der Waals surface area contributed by atoms with Gasteiger partial charge in [-0.25, -0.2) is 14.6 Å². The van der Waals surface area contributed by atoms with E-state index < -0.39 is 12.1 Å². The Morgan fingerprint density at radius 2 is 1.81 bits per heavy atom. The molecule has 7 nitrogen and oxygen atoms in total. The van der Waals surface area contributed by atoms with Gasteiger partial charge in [0.1, 0.15) is 5.82 Å². The SMILES string of the molecule is CCCCc1nc(SC)c(OC(=O)O)n1Cc1ccc(-c2ccccc2C(=O)O)cc1. The topological polar surface area (TPSA) is 102 Å². The number of hydrogen-bond donors (Lipinski definition) is 2. The summed E-state index contributed by atoms with van der Waals surface area (Å²) in [5.41, 5.74) is 2.61. The highest BCUT2D eigenvalue weighted by Crippen LogP contribution is 2.31. The van der Waals surface area contributed by atoms with Gasteiger partial charge in [0.05, 0.1) is 12.1 Å². The van der Waals surface area contributed by atoms with Crippen LogP contribution in [-0.4, -0.2) is 38.1 Å². The van der Waals surface area contributed by atoms with Gasteiger partial charge < -0.3 is 14.9 Å². The van der Waals surface area contributed by atoms with Gasteiger partial charge in [-0.15, -0.1) is 11.8 Å². The average molecular weight is 441 g/mol. The summed E-state index contributed by atoms with van der Waals surface area (Å²) >= 11 is 1.34. The van der Waals surface area contributed by atoms with E-state index in [9.17, 15) is 19.8 Å². The molecule has 0 radical (unpaired) electrons. The van der Waals surface area contributed by atoms with Gasteiger partial charge >= 0.3 is 12.1 Å². The molecule has 31 heavy (non-hydrogen) atoms. The van der Waals surface area contributed by atoms with Gasteiger partial charge in [0.2, 0.25) is 5.88 Å². The maximum atomic E-state index is 11.5. The van der Waals surface area contributed by atoms with Gasteiger partial charge in [-0.05, 0) is 35.4 Å². The highest BCUT2D eigenvalue weighted by Gasteiger charge is 2.21. The predicted molar refractivity (Wildman–Crippen MR) is 119 cm³/mol. The summed E-state index contributed by atoms with van der Waals surface area (Å²) in [4.78, 5) is 27.3. The number of aromatic carboxylic acids is 1. The fraction of sp³-hybridized carbons (Fsp3) is 0.261. The zero-order chi connectivity index (χ0) is 22.4. The van der Waals surface area contributed by atoms with Crippen molar-refractivity contribution in [2.24, 2.45) is 0 Å². The van der Waals surface area contributed by atoms with E-state index >= 15 is 0 Å². The number of ether oxygens (including phenoxy) is 1. The molecule has 0 aliphatic carbocycles. The van der Waals surface area contributed by atoms with Gasteiger partial charge in [-0.1, -0.05) is 55.8 Å². The van der Waals surface area contributed by atoms with Gasteiger partial charge in [0.15, 0.2) is 5.03 Å². The average Bonchev–Trinajstić information content (AvgIpc) is 3.08.